The van der Waals surface area contributed by atoms with E-state index in [0.29, 0.717) is 12.7 Å². The molecule has 1 heterocycles. The Balaban J connectivity index is 1.76. The zero-order valence-corrected chi connectivity index (χ0v) is 14.5. The minimum atomic E-state index is 0.352. The lowest BCUT2D eigenvalue weighted by Crippen LogP contribution is -2.16. The molecule has 4 rings (SSSR count). The van der Waals surface area contributed by atoms with Crippen molar-refractivity contribution in [3.8, 4) is 11.5 Å². The molecule has 0 spiro atoms. The Morgan fingerprint density at radius 2 is 1.78 bits per heavy atom. The second kappa shape index (κ2) is 5.30. The smallest absolute Gasteiger partial charge is 0.231 e. The monoisotopic (exact) mass is 308 g/mol. The van der Waals surface area contributed by atoms with E-state index < -0.39 is 0 Å². The van der Waals surface area contributed by atoms with Gasteiger partial charge in [-0.2, -0.15) is 0 Å². The highest BCUT2D eigenvalue weighted by Gasteiger charge is 2.27. The third-order valence-corrected chi connectivity index (χ3v) is 5.88. The van der Waals surface area contributed by atoms with Gasteiger partial charge in [0.15, 0.2) is 11.5 Å². The van der Waals surface area contributed by atoms with Crippen molar-refractivity contribution >= 4 is 0 Å². The van der Waals surface area contributed by atoms with E-state index in [1.165, 1.54) is 40.7 Å². The Morgan fingerprint density at radius 1 is 0.957 bits per heavy atom. The molecular formula is C21H24O2. The van der Waals surface area contributed by atoms with Crippen LogP contribution in [0.1, 0.15) is 51.3 Å². The maximum absolute atomic E-state index is 5.66. The van der Waals surface area contributed by atoms with Gasteiger partial charge in [0, 0.05) is 0 Å². The highest BCUT2D eigenvalue weighted by molar-refractivity contribution is 5.56. The topological polar surface area (TPSA) is 18.5 Å². The fourth-order valence-corrected chi connectivity index (χ4v) is 4.14. The maximum Gasteiger partial charge on any atom is 0.231 e. The molecule has 2 nitrogen and oxygen atoms in total. The molecule has 1 aliphatic heterocycles. The Hall–Kier alpha value is -1.96. The van der Waals surface area contributed by atoms with Crippen molar-refractivity contribution in [2.75, 3.05) is 6.79 Å². The van der Waals surface area contributed by atoms with Crippen molar-refractivity contribution in [1.29, 1.82) is 0 Å². The molecule has 1 unspecified atom stereocenters. The predicted molar refractivity (Wildman–Crippen MR) is 92.7 cm³/mol. The Bertz CT molecular complexity index is 789. The van der Waals surface area contributed by atoms with Gasteiger partial charge in [-0.15, -0.1) is 0 Å². The predicted octanol–water partition coefficient (Wildman–Crippen LogP) is 4.92. The molecule has 2 aromatic rings. The quantitative estimate of drug-likeness (QED) is 0.744. The molecule has 1 atom stereocenters. The van der Waals surface area contributed by atoms with Gasteiger partial charge in [-0.3, -0.25) is 0 Å². The molecule has 0 radical (unpaired) electrons. The average molecular weight is 308 g/mol. The lowest BCUT2D eigenvalue weighted by Gasteiger charge is -2.29. The van der Waals surface area contributed by atoms with Crippen LogP contribution in [0.15, 0.2) is 18.2 Å². The third-order valence-electron chi connectivity index (χ3n) is 5.88. The Labute approximate surface area is 138 Å². The fourth-order valence-electron chi connectivity index (χ4n) is 4.14. The van der Waals surface area contributed by atoms with Crippen molar-refractivity contribution in [2.45, 2.75) is 52.9 Å². The normalized spacial score (nSPS) is 18.9. The van der Waals surface area contributed by atoms with Crippen LogP contribution in [-0.2, 0) is 12.8 Å². The van der Waals surface area contributed by atoms with Crippen molar-refractivity contribution in [3.05, 3.63) is 57.1 Å². The largest absolute Gasteiger partial charge is 0.454 e. The molecular weight excluding hydrogens is 284 g/mol. The molecule has 0 fully saturated rings. The van der Waals surface area contributed by atoms with Gasteiger partial charge in [0.2, 0.25) is 6.79 Å². The second-order valence-electron chi connectivity index (χ2n) is 7.03. The zero-order chi connectivity index (χ0) is 16.1. The molecule has 0 bridgehead atoms. The summed E-state index contributed by atoms with van der Waals surface area (Å²) < 4.78 is 11.3. The molecule has 0 saturated heterocycles. The van der Waals surface area contributed by atoms with E-state index in [1.807, 2.05) is 0 Å². The van der Waals surface area contributed by atoms with Crippen molar-refractivity contribution in [1.82, 2.24) is 0 Å². The van der Waals surface area contributed by atoms with Crippen LogP contribution < -0.4 is 9.47 Å². The summed E-state index contributed by atoms with van der Waals surface area (Å²) in [5.41, 5.74) is 10.0. The van der Waals surface area contributed by atoms with Gasteiger partial charge in [0.1, 0.15) is 0 Å². The summed E-state index contributed by atoms with van der Waals surface area (Å²) >= 11 is 0. The van der Waals surface area contributed by atoms with Crippen molar-refractivity contribution in [2.24, 2.45) is 0 Å². The summed E-state index contributed by atoms with van der Waals surface area (Å²) in [6.07, 6.45) is 3.53. The van der Waals surface area contributed by atoms with Crippen LogP contribution in [0.5, 0.6) is 11.5 Å². The molecule has 2 heteroatoms. The minimum Gasteiger partial charge on any atom is -0.454 e. The standard InChI is InChI=1S/C21H24O2/c1-12-5-6-16-7-8-17(9-18(16)13(12)2)19-10-20-21(23-11-22-20)15(4)14(19)3/h5-6,10,17H,7-9,11H2,1-4H3. The van der Waals surface area contributed by atoms with Crippen LogP contribution in [-0.4, -0.2) is 6.79 Å². The number of rotatable bonds is 1. The number of aryl methyl sites for hydroxylation is 2. The lowest BCUT2D eigenvalue weighted by molar-refractivity contribution is 0.173. The summed E-state index contributed by atoms with van der Waals surface area (Å²) in [5, 5.41) is 0. The SMILES string of the molecule is Cc1ccc2c(c1C)CC(c1cc3c(c(C)c1C)OCO3)CC2. The van der Waals surface area contributed by atoms with Crippen molar-refractivity contribution < 1.29 is 9.47 Å². The number of benzene rings is 2. The van der Waals surface area contributed by atoms with E-state index in [0.717, 1.165) is 17.9 Å². The maximum atomic E-state index is 5.66. The second-order valence-corrected chi connectivity index (χ2v) is 7.03. The first kappa shape index (κ1) is 14.6. The van der Waals surface area contributed by atoms with Crippen molar-refractivity contribution in [3.63, 3.8) is 0 Å². The molecule has 120 valence electrons. The highest BCUT2D eigenvalue weighted by atomic mass is 16.7. The molecule has 0 N–H and O–H groups in total. The lowest BCUT2D eigenvalue weighted by atomic mass is 9.76. The minimum absolute atomic E-state index is 0.352. The van der Waals surface area contributed by atoms with E-state index in [9.17, 15) is 0 Å². The van der Waals surface area contributed by atoms with Crippen LogP contribution in [0, 0.1) is 27.7 Å². The fraction of sp³-hybridized carbons (Fsp3) is 0.429. The average Bonchev–Trinajstić information content (AvgIpc) is 3.03. The summed E-state index contributed by atoms with van der Waals surface area (Å²) in [5.74, 6) is 2.44. The van der Waals surface area contributed by atoms with Gasteiger partial charge in [-0.1, -0.05) is 12.1 Å². The van der Waals surface area contributed by atoms with Crippen LogP contribution in [0.25, 0.3) is 0 Å². The summed E-state index contributed by atoms with van der Waals surface area (Å²) in [4.78, 5) is 0. The number of hydrogen-bond donors (Lipinski definition) is 0. The third kappa shape index (κ3) is 2.23. The summed E-state index contributed by atoms with van der Waals surface area (Å²) in [6.45, 7) is 9.22. The van der Waals surface area contributed by atoms with Gasteiger partial charge >= 0.3 is 0 Å². The molecule has 0 saturated carbocycles. The molecule has 0 amide bonds. The first-order chi connectivity index (χ1) is 11.1. The van der Waals surface area contributed by atoms with E-state index in [4.69, 9.17) is 9.47 Å². The molecule has 23 heavy (non-hydrogen) atoms. The number of hydrogen-bond acceptors (Lipinski definition) is 2. The molecule has 1 aliphatic carbocycles. The first-order valence-electron chi connectivity index (χ1n) is 8.54. The molecule has 2 aromatic carbocycles. The van der Waals surface area contributed by atoms with Crippen LogP contribution in [0.3, 0.4) is 0 Å². The highest BCUT2D eigenvalue weighted by Crippen LogP contribution is 2.44. The van der Waals surface area contributed by atoms with Crippen LogP contribution >= 0.6 is 0 Å². The number of fused-ring (bicyclic) bond motifs is 2. The first-order valence-corrected chi connectivity index (χ1v) is 8.54. The van der Waals surface area contributed by atoms with Gasteiger partial charge in [-0.05, 0) is 97.9 Å². The van der Waals surface area contributed by atoms with Gasteiger partial charge in [-0.25, -0.2) is 0 Å². The Morgan fingerprint density at radius 3 is 2.61 bits per heavy atom. The number of ether oxygens (including phenoxy) is 2. The molecule has 0 aromatic heterocycles. The van der Waals surface area contributed by atoms with Gasteiger partial charge < -0.3 is 9.47 Å². The zero-order valence-electron chi connectivity index (χ0n) is 14.5. The Kier molecular flexibility index (Phi) is 3.37. The van der Waals surface area contributed by atoms with E-state index in [-0.39, 0.29) is 0 Å². The van der Waals surface area contributed by atoms with E-state index >= 15 is 0 Å². The molecule has 2 aliphatic rings. The van der Waals surface area contributed by atoms with E-state index in [2.05, 4.69) is 45.9 Å². The van der Waals surface area contributed by atoms with Crippen LogP contribution in [0.4, 0.5) is 0 Å². The summed E-state index contributed by atoms with van der Waals surface area (Å²) in [6, 6.07) is 6.82. The van der Waals surface area contributed by atoms with Gasteiger partial charge in [0.05, 0.1) is 0 Å². The van der Waals surface area contributed by atoms with Crippen LogP contribution in [0.2, 0.25) is 0 Å². The summed E-state index contributed by atoms with van der Waals surface area (Å²) in [7, 11) is 0. The van der Waals surface area contributed by atoms with E-state index in [1.54, 1.807) is 11.1 Å². The van der Waals surface area contributed by atoms with Gasteiger partial charge in [0.25, 0.3) is 0 Å².